The van der Waals surface area contributed by atoms with Crippen LogP contribution in [-0.2, 0) is 14.3 Å². The minimum Gasteiger partial charge on any atom is -0.493 e. The van der Waals surface area contributed by atoms with Gasteiger partial charge in [0.15, 0.2) is 17.3 Å². The molecule has 7 nitrogen and oxygen atoms in total. The molecule has 1 amide bonds. The van der Waals surface area contributed by atoms with Crippen molar-refractivity contribution in [1.82, 2.24) is 4.90 Å². The molecule has 0 bridgehead atoms. The number of ether oxygens (including phenoxy) is 2. The molecule has 2 unspecified atom stereocenters. The number of piperidine rings is 1. The molecule has 1 aromatic rings. The number of fused-ring (bicyclic) bond motifs is 1. The standard InChI is InChI=1S/C25H23Cl2FN4O3/c1-4-22(33)32-9-7-14(8-10-32)35-21-11-15-18(12-20(21)34-3)30-13-19(29-2)25(15)31-17-6-5-16(26)23(27)24(17)28/h4-6,11-15,18,31H,1,7-10H2,3H3. The van der Waals surface area contributed by atoms with Gasteiger partial charge in [0.2, 0.25) is 11.6 Å². The smallest absolute Gasteiger partial charge is 0.245 e. The molecule has 1 aromatic carbocycles. The molecule has 3 aliphatic rings. The van der Waals surface area contributed by atoms with Crippen LogP contribution in [-0.4, -0.2) is 49.4 Å². The molecule has 0 aromatic heterocycles. The molecule has 0 spiro atoms. The maximum atomic E-state index is 14.8. The van der Waals surface area contributed by atoms with Crippen LogP contribution in [0.3, 0.4) is 0 Å². The fraction of sp³-hybridized carbons (Fsp3) is 0.320. The average molecular weight is 517 g/mol. The first-order valence-corrected chi connectivity index (χ1v) is 11.7. The Kier molecular flexibility index (Phi) is 7.48. The van der Waals surface area contributed by atoms with Crippen molar-refractivity contribution in [3.05, 3.63) is 87.1 Å². The third-order valence-electron chi connectivity index (χ3n) is 6.11. The maximum absolute atomic E-state index is 14.8. The lowest BCUT2D eigenvalue weighted by atomic mass is 9.87. The number of anilines is 1. The van der Waals surface area contributed by atoms with E-state index in [4.69, 9.17) is 39.2 Å². The summed E-state index contributed by atoms with van der Waals surface area (Å²) in [6.07, 6.45) is 7.62. The van der Waals surface area contributed by atoms with Gasteiger partial charge in [-0.1, -0.05) is 29.8 Å². The van der Waals surface area contributed by atoms with Crippen molar-refractivity contribution in [3.63, 3.8) is 0 Å². The van der Waals surface area contributed by atoms with Gasteiger partial charge in [0, 0.05) is 43.8 Å². The molecule has 1 aliphatic carbocycles. The molecule has 0 radical (unpaired) electrons. The van der Waals surface area contributed by atoms with Crippen molar-refractivity contribution in [1.29, 1.82) is 0 Å². The van der Waals surface area contributed by atoms with Crippen molar-refractivity contribution < 1.29 is 18.7 Å². The Balaban J connectivity index is 1.60. The highest BCUT2D eigenvalue weighted by molar-refractivity contribution is 6.42. The van der Waals surface area contributed by atoms with E-state index in [2.05, 4.69) is 21.7 Å². The van der Waals surface area contributed by atoms with Gasteiger partial charge in [0.05, 0.1) is 35.5 Å². The number of halogens is 3. The number of benzene rings is 1. The molecule has 1 fully saturated rings. The highest BCUT2D eigenvalue weighted by Crippen LogP contribution is 2.38. The molecule has 2 atom stereocenters. The van der Waals surface area contributed by atoms with Gasteiger partial charge in [-0.2, -0.15) is 0 Å². The summed E-state index contributed by atoms with van der Waals surface area (Å²) in [5, 5.41) is 2.93. The number of hydrogen-bond acceptors (Lipinski definition) is 5. The second kappa shape index (κ2) is 10.5. The molecule has 182 valence electrons. The van der Waals surface area contributed by atoms with Crippen LogP contribution in [0, 0.1) is 18.3 Å². The molecule has 1 saturated heterocycles. The van der Waals surface area contributed by atoms with E-state index >= 15 is 0 Å². The van der Waals surface area contributed by atoms with Crippen LogP contribution in [0.1, 0.15) is 12.8 Å². The second-order valence-electron chi connectivity index (χ2n) is 8.17. The van der Waals surface area contributed by atoms with Gasteiger partial charge in [0.1, 0.15) is 6.10 Å². The minimum absolute atomic E-state index is 0.0946. The average Bonchev–Trinajstić information content (AvgIpc) is 2.88. The van der Waals surface area contributed by atoms with Crippen molar-refractivity contribution in [3.8, 4) is 0 Å². The molecule has 0 saturated carbocycles. The molecule has 2 aliphatic heterocycles. The van der Waals surface area contributed by atoms with Gasteiger partial charge in [0.25, 0.3) is 0 Å². The number of dihydropyridines is 1. The number of hydrogen-bond donors (Lipinski definition) is 1. The fourth-order valence-corrected chi connectivity index (χ4v) is 4.55. The Hall–Kier alpha value is -3.28. The SMILES string of the molecule is [C-]#[N+]C1=C(Nc2ccc(Cl)c(Cl)c2F)C2C=C(OC3CCN(C(=O)C=C)CC3)C(OC)=CC2N=C1. The second-order valence-corrected chi connectivity index (χ2v) is 8.95. The Morgan fingerprint density at radius 3 is 2.71 bits per heavy atom. The zero-order valence-electron chi connectivity index (χ0n) is 18.9. The summed E-state index contributed by atoms with van der Waals surface area (Å²) in [6.45, 7) is 12.3. The summed E-state index contributed by atoms with van der Waals surface area (Å²) >= 11 is 11.9. The first-order chi connectivity index (χ1) is 16.9. The zero-order chi connectivity index (χ0) is 25.1. The summed E-state index contributed by atoms with van der Waals surface area (Å²) in [4.78, 5) is 21.6. The lowest BCUT2D eigenvalue weighted by molar-refractivity contribution is -0.128. The van der Waals surface area contributed by atoms with E-state index < -0.39 is 11.7 Å². The van der Waals surface area contributed by atoms with Crippen LogP contribution in [0.4, 0.5) is 10.1 Å². The van der Waals surface area contributed by atoms with Gasteiger partial charge >= 0.3 is 0 Å². The van der Waals surface area contributed by atoms with E-state index in [9.17, 15) is 9.18 Å². The number of carbonyl (C=O) groups is 1. The van der Waals surface area contributed by atoms with E-state index in [1.807, 2.05) is 12.2 Å². The molecule has 10 heteroatoms. The van der Waals surface area contributed by atoms with Gasteiger partial charge in [-0.25, -0.2) is 9.24 Å². The number of allylic oxidation sites excluding steroid dienone is 1. The first kappa shape index (κ1) is 24.8. The molecule has 2 heterocycles. The number of carbonyl (C=O) groups excluding carboxylic acids is 1. The Morgan fingerprint density at radius 2 is 2.06 bits per heavy atom. The quantitative estimate of drug-likeness (QED) is 0.313. The number of likely N-dealkylation sites (tertiary alicyclic amines) is 1. The molecule has 1 N–H and O–H groups in total. The van der Waals surface area contributed by atoms with Crippen LogP contribution >= 0.6 is 23.2 Å². The van der Waals surface area contributed by atoms with Crippen LogP contribution in [0.15, 0.2) is 64.8 Å². The third-order valence-corrected chi connectivity index (χ3v) is 6.89. The summed E-state index contributed by atoms with van der Waals surface area (Å²) in [5.74, 6) is -0.186. The predicted molar refractivity (Wildman–Crippen MR) is 133 cm³/mol. The molecule has 35 heavy (non-hydrogen) atoms. The number of methoxy groups -OCH3 is 1. The zero-order valence-corrected chi connectivity index (χ0v) is 20.4. The van der Waals surface area contributed by atoms with Crippen molar-refractivity contribution in [2.45, 2.75) is 25.0 Å². The van der Waals surface area contributed by atoms with Crippen LogP contribution < -0.4 is 5.32 Å². The highest BCUT2D eigenvalue weighted by atomic mass is 35.5. The van der Waals surface area contributed by atoms with Crippen molar-refractivity contribution in [2.75, 3.05) is 25.5 Å². The third kappa shape index (κ3) is 5.07. The molecular weight excluding hydrogens is 494 g/mol. The van der Waals surface area contributed by atoms with Crippen molar-refractivity contribution >= 4 is 41.0 Å². The lowest BCUT2D eigenvalue weighted by Gasteiger charge is -2.35. The van der Waals surface area contributed by atoms with Crippen molar-refractivity contribution in [2.24, 2.45) is 10.9 Å². The summed E-state index contributed by atoms with van der Waals surface area (Å²) in [5.41, 5.74) is 0.815. The van der Waals surface area contributed by atoms with E-state index in [-0.39, 0.29) is 39.5 Å². The van der Waals surface area contributed by atoms with Crippen LogP contribution in [0.2, 0.25) is 10.0 Å². The number of nitrogens with one attached hydrogen (secondary N) is 1. The van der Waals surface area contributed by atoms with E-state index in [1.54, 1.807) is 12.0 Å². The molecular formula is C25H23Cl2FN4O3. The summed E-state index contributed by atoms with van der Waals surface area (Å²) in [6, 6.07) is 2.58. The normalized spacial score (nSPS) is 22.0. The topological polar surface area (TPSA) is 67.5 Å². The van der Waals surface area contributed by atoms with E-state index in [0.717, 1.165) is 0 Å². The Bertz CT molecular complexity index is 1210. The Labute approximate surface area is 213 Å². The number of rotatable bonds is 6. The van der Waals surface area contributed by atoms with Gasteiger partial charge in [-0.05, 0) is 30.4 Å². The van der Waals surface area contributed by atoms with Gasteiger partial charge in [-0.15, -0.1) is 0 Å². The largest absolute Gasteiger partial charge is 0.493 e. The monoisotopic (exact) mass is 516 g/mol. The number of amides is 1. The number of aliphatic imine (C=N–C) groups is 1. The van der Waals surface area contributed by atoms with Crippen LogP contribution in [0.5, 0.6) is 0 Å². The van der Waals surface area contributed by atoms with Crippen LogP contribution in [0.25, 0.3) is 4.85 Å². The van der Waals surface area contributed by atoms with E-state index in [1.165, 1.54) is 24.4 Å². The lowest BCUT2D eigenvalue weighted by Crippen LogP contribution is -2.40. The first-order valence-electron chi connectivity index (χ1n) is 11.0. The van der Waals surface area contributed by atoms with E-state index in [0.29, 0.717) is 43.1 Å². The summed E-state index contributed by atoms with van der Waals surface area (Å²) < 4.78 is 26.6. The Morgan fingerprint density at radius 1 is 1.31 bits per heavy atom. The van der Waals surface area contributed by atoms with Gasteiger partial charge < -0.3 is 19.7 Å². The van der Waals surface area contributed by atoms with Gasteiger partial charge in [-0.3, -0.25) is 9.79 Å². The minimum atomic E-state index is -0.708. The maximum Gasteiger partial charge on any atom is 0.245 e. The predicted octanol–water partition coefficient (Wildman–Crippen LogP) is 5.37. The summed E-state index contributed by atoms with van der Waals surface area (Å²) in [7, 11) is 1.55. The highest BCUT2D eigenvalue weighted by Gasteiger charge is 2.35. The number of nitrogens with zero attached hydrogens (tertiary/aromatic N) is 3. The fourth-order valence-electron chi connectivity index (χ4n) is 4.24. The molecule has 4 rings (SSSR count).